The van der Waals surface area contributed by atoms with Crippen molar-refractivity contribution in [3.63, 3.8) is 0 Å². The van der Waals surface area contributed by atoms with Crippen molar-refractivity contribution >= 4 is 11.9 Å². The molecule has 1 aromatic rings. The number of carbonyl (C=O) groups excluding carboxylic acids is 1. The fraction of sp³-hybridized carbons (Fsp3) is 0.429. The highest BCUT2D eigenvalue weighted by atomic mass is 16.4. The Balaban J connectivity index is 2.35. The summed E-state index contributed by atoms with van der Waals surface area (Å²) >= 11 is 0. The molecule has 1 amide bonds. The fourth-order valence-corrected chi connectivity index (χ4v) is 2.47. The number of aliphatic carboxylic acids is 1. The largest absolute Gasteiger partial charge is 0.480 e. The van der Waals surface area contributed by atoms with Crippen LogP contribution in [-0.2, 0) is 4.79 Å². The number of carboxylic acids is 1. The summed E-state index contributed by atoms with van der Waals surface area (Å²) in [6.45, 7) is 4.00. The minimum Gasteiger partial charge on any atom is -0.480 e. The number of carboxylic acid groups (broad SMARTS) is 1. The van der Waals surface area contributed by atoms with Gasteiger partial charge < -0.3 is 10.0 Å². The molecule has 4 nitrogen and oxygen atoms in total. The first-order valence-electron chi connectivity index (χ1n) is 6.08. The number of rotatable bonds is 2. The van der Waals surface area contributed by atoms with Crippen molar-refractivity contribution in [3.8, 4) is 0 Å². The molecule has 0 spiro atoms. The second kappa shape index (κ2) is 4.44. The van der Waals surface area contributed by atoms with Crippen LogP contribution in [0.4, 0.5) is 0 Å². The number of carbonyl (C=O) groups is 2. The van der Waals surface area contributed by atoms with E-state index in [1.165, 1.54) is 4.90 Å². The van der Waals surface area contributed by atoms with Crippen molar-refractivity contribution < 1.29 is 14.7 Å². The molecule has 96 valence electrons. The van der Waals surface area contributed by atoms with Crippen LogP contribution in [0.3, 0.4) is 0 Å². The average Bonchev–Trinajstić information content (AvgIpc) is 2.72. The van der Waals surface area contributed by atoms with E-state index in [0.717, 1.165) is 12.0 Å². The number of hydrogen-bond acceptors (Lipinski definition) is 2. The first kappa shape index (κ1) is 12.6. The maximum absolute atomic E-state index is 12.5. The van der Waals surface area contributed by atoms with Crippen LogP contribution < -0.4 is 0 Å². The monoisotopic (exact) mass is 247 g/mol. The third kappa shape index (κ3) is 1.88. The van der Waals surface area contributed by atoms with Gasteiger partial charge in [-0.1, -0.05) is 18.2 Å². The Kier molecular flexibility index (Phi) is 3.11. The van der Waals surface area contributed by atoms with E-state index < -0.39 is 11.5 Å². The van der Waals surface area contributed by atoms with E-state index in [-0.39, 0.29) is 5.91 Å². The van der Waals surface area contributed by atoms with Gasteiger partial charge in [0, 0.05) is 12.1 Å². The molecule has 1 unspecified atom stereocenters. The van der Waals surface area contributed by atoms with Gasteiger partial charge in [-0.25, -0.2) is 4.79 Å². The van der Waals surface area contributed by atoms with Crippen LogP contribution in [-0.4, -0.2) is 34.0 Å². The third-order valence-electron chi connectivity index (χ3n) is 3.72. The summed E-state index contributed by atoms with van der Waals surface area (Å²) in [6, 6.07) is 7.28. The van der Waals surface area contributed by atoms with E-state index in [2.05, 4.69) is 0 Å². The van der Waals surface area contributed by atoms with E-state index in [0.29, 0.717) is 18.5 Å². The number of aryl methyl sites for hydroxylation is 1. The molecular weight excluding hydrogens is 230 g/mol. The molecule has 1 fully saturated rings. The van der Waals surface area contributed by atoms with Crippen molar-refractivity contribution in [2.45, 2.75) is 32.2 Å². The molecule has 0 aliphatic carbocycles. The number of amides is 1. The molecular formula is C14H17NO3. The molecule has 0 bridgehead atoms. The van der Waals surface area contributed by atoms with Gasteiger partial charge in [0.15, 0.2) is 0 Å². The minimum absolute atomic E-state index is 0.185. The van der Waals surface area contributed by atoms with Crippen LogP contribution >= 0.6 is 0 Å². The molecule has 1 aromatic carbocycles. The highest BCUT2D eigenvalue weighted by Crippen LogP contribution is 2.31. The quantitative estimate of drug-likeness (QED) is 0.870. The summed E-state index contributed by atoms with van der Waals surface area (Å²) in [6.07, 6.45) is 1.25. The van der Waals surface area contributed by atoms with Gasteiger partial charge in [-0.15, -0.1) is 0 Å². The lowest BCUT2D eigenvalue weighted by Gasteiger charge is -2.31. The van der Waals surface area contributed by atoms with Crippen molar-refractivity contribution in [1.82, 2.24) is 4.90 Å². The molecule has 1 heterocycles. The molecule has 18 heavy (non-hydrogen) atoms. The summed E-state index contributed by atoms with van der Waals surface area (Å²) in [5, 5.41) is 9.31. The topological polar surface area (TPSA) is 57.6 Å². The highest BCUT2D eigenvalue weighted by Gasteiger charge is 2.46. The molecule has 1 aliphatic rings. The van der Waals surface area contributed by atoms with E-state index in [9.17, 15) is 14.7 Å². The SMILES string of the molecule is Cc1ccccc1C(=O)N1CCCC1(C)C(=O)O. The van der Waals surface area contributed by atoms with Gasteiger partial charge in [0.2, 0.25) is 0 Å². The number of likely N-dealkylation sites (tertiary alicyclic amines) is 1. The Morgan fingerprint density at radius 2 is 2.00 bits per heavy atom. The lowest BCUT2D eigenvalue weighted by Crippen LogP contribution is -2.50. The lowest BCUT2D eigenvalue weighted by molar-refractivity contribution is -0.147. The Bertz CT molecular complexity index is 498. The summed E-state index contributed by atoms with van der Waals surface area (Å²) in [5.74, 6) is -1.11. The third-order valence-corrected chi connectivity index (χ3v) is 3.72. The van der Waals surface area contributed by atoms with Crippen molar-refractivity contribution in [2.75, 3.05) is 6.54 Å². The van der Waals surface area contributed by atoms with E-state index >= 15 is 0 Å². The summed E-state index contributed by atoms with van der Waals surface area (Å²) in [4.78, 5) is 25.3. The maximum Gasteiger partial charge on any atom is 0.329 e. The smallest absolute Gasteiger partial charge is 0.329 e. The molecule has 1 N–H and O–H groups in total. The standard InChI is InChI=1S/C14H17NO3/c1-10-6-3-4-7-11(10)12(16)15-9-5-8-14(15,2)13(17)18/h3-4,6-7H,5,8-9H2,1-2H3,(H,17,18). The fourth-order valence-electron chi connectivity index (χ4n) is 2.47. The molecule has 0 aromatic heterocycles. The predicted molar refractivity (Wildman–Crippen MR) is 67.5 cm³/mol. The Labute approximate surface area is 106 Å². The van der Waals surface area contributed by atoms with Crippen LogP contribution in [0, 0.1) is 6.92 Å². The number of hydrogen-bond donors (Lipinski definition) is 1. The molecule has 1 aliphatic heterocycles. The van der Waals surface area contributed by atoms with Crippen LogP contribution in [0.15, 0.2) is 24.3 Å². The lowest BCUT2D eigenvalue weighted by atomic mass is 9.98. The van der Waals surface area contributed by atoms with Gasteiger partial charge in [-0.05, 0) is 38.3 Å². The Morgan fingerprint density at radius 1 is 1.33 bits per heavy atom. The second-order valence-electron chi connectivity index (χ2n) is 4.95. The van der Waals surface area contributed by atoms with Crippen LogP contribution in [0.2, 0.25) is 0 Å². The van der Waals surface area contributed by atoms with Gasteiger partial charge in [-0.2, -0.15) is 0 Å². The zero-order valence-electron chi connectivity index (χ0n) is 10.6. The maximum atomic E-state index is 12.5. The van der Waals surface area contributed by atoms with Gasteiger partial charge >= 0.3 is 5.97 Å². The zero-order valence-corrected chi connectivity index (χ0v) is 10.6. The number of nitrogens with zero attached hydrogens (tertiary/aromatic N) is 1. The Morgan fingerprint density at radius 3 is 2.61 bits per heavy atom. The van der Waals surface area contributed by atoms with Crippen LogP contribution in [0.5, 0.6) is 0 Å². The van der Waals surface area contributed by atoms with Gasteiger partial charge in [0.05, 0.1) is 0 Å². The van der Waals surface area contributed by atoms with Crippen molar-refractivity contribution in [3.05, 3.63) is 35.4 Å². The first-order valence-corrected chi connectivity index (χ1v) is 6.08. The van der Waals surface area contributed by atoms with Crippen molar-refractivity contribution in [2.24, 2.45) is 0 Å². The van der Waals surface area contributed by atoms with E-state index in [1.807, 2.05) is 19.1 Å². The van der Waals surface area contributed by atoms with Crippen molar-refractivity contribution in [1.29, 1.82) is 0 Å². The van der Waals surface area contributed by atoms with Gasteiger partial charge in [0.1, 0.15) is 5.54 Å². The van der Waals surface area contributed by atoms with Crippen LogP contribution in [0.1, 0.15) is 35.7 Å². The molecule has 0 radical (unpaired) electrons. The molecule has 1 atom stereocenters. The molecule has 4 heteroatoms. The molecule has 2 rings (SSSR count). The normalized spacial score (nSPS) is 23.1. The predicted octanol–water partition coefficient (Wildman–Crippen LogP) is 2.07. The summed E-state index contributed by atoms with van der Waals surface area (Å²) < 4.78 is 0. The van der Waals surface area contributed by atoms with Gasteiger partial charge in [0.25, 0.3) is 5.91 Å². The minimum atomic E-state index is -1.07. The average molecular weight is 247 g/mol. The Hall–Kier alpha value is -1.84. The van der Waals surface area contributed by atoms with E-state index in [4.69, 9.17) is 0 Å². The number of benzene rings is 1. The van der Waals surface area contributed by atoms with Gasteiger partial charge in [-0.3, -0.25) is 4.79 Å². The van der Waals surface area contributed by atoms with E-state index in [1.54, 1.807) is 19.1 Å². The molecule has 1 saturated heterocycles. The summed E-state index contributed by atoms with van der Waals surface area (Å²) in [5.41, 5.74) is 0.397. The second-order valence-corrected chi connectivity index (χ2v) is 4.95. The molecule has 0 saturated carbocycles. The zero-order chi connectivity index (χ0) is 13.3. The highest BCUT2D eigenvalue weighted by molar-refractivity contribution is 5.99. The first-order chi connectivity index (χ1) is 8.47. The summed E-state index contributed by atoms with van der Waals surface area (Å²) in [7, 11) is 0. The van der Waals surface area contributed by atoms with Crippen LogP contribution in [0.25, 0.3) is 0 Å².